The Morgan fingerprint density at radius 1 is 0.923 bits per heavy atom. The molecule has 0 bridgehead atoms. The topological polar surface area (TPSA) is 32.3 Å². The van der Waals surface area contributed by atoms with Gasteiger partial charge in [0.25, 0.3) is 0 Å². The van der Waals surface area contributed by atoms with Crippen molar-refractivity contribution in [3.63, 3.8) is 0 Å². The summed E-state index contributed by atoms with van der Waals surface area (Å²) in [7, 11) is 1.80. The van der Waals surface area contributed by atoms with Gasteiger partial charge in [-0.25, -0.2) is 4.39 Å². The van der Waals surface area contributed by atoms with E-state index in [2.05, 4.69) is 5.32 Å². The van der Waals surface area contributed by atoms with Crippen LogP contribution in [0.15, 0.2) is 78.9 Å². The minimum absolute atomic E-state index is 0.0314. The van der Waals surface area contributed by atoms with Gasteiger partial charge in [0.2, 0.25) is 5.91 Å². The van der Waals surface area contributed by atoms with Gasteiger partial charge in [0.15, 0.2) is 0 Å². The lowest BCUT2D eigenvalue weighted by Gasteiger charge is -2.26. The van der Waals surface area contributed by atoms with Gasteiger partial charge in [-0.2, -0.15) is 0 Å². The Morgan fingerprint density at radius 3 is 2.31 bits per heavy atom. The summed E-state index contributed by atoms with van der Waals surface area (Å²) >= 11 is 0. The summed E-state index contributed by atoms with van der Waals surface area (Å²) in [5.74, 6) is -0.631. The predicted octanol–water partition coefficient (Wildman–Crippen LogP) is 4.74. The van der Waals surface area contributed by atoms with Gasteiger partial charge in [0, 0.05) is 18.4 Å². The Hall–Kier alpha value is -3.14. The van der Waals surface area contributed by atoms with Crippen LogP contribution >= 0.6 is 0 Å². The summed E-state index contributed by atoms with van der Waals surface area (Å²) in [6, 6.07) is 23.6. The van der Waals surface area contributed by atoms with E-state index in [-0.39, 0.29) is 23.7 Å². The first kappa shape index (κ1) is 16.3. The molecule has 0 spiro atoms. The van der Waals surface area contributed by atoms with Crippen LogP contribution in [0.4, 0.5) is 15.8 Å². The molecule has 130 valence electrons. The second-order valence-electron chi connectivity index (χ2n) is 6.47. The molecule has 2 atom stereocenters. The highest BCUT2D eigenvalue weighted by atomic mass is 19.1. The fourth-order valence-corrected chi connectivity index (χ4v) is 3.58. The van der Waals surface area contributed by atoms with Crippen molar-refractivity contribution in [3.05, 3.63) is 95.8 Å². The van der Waals surface area contributed by atoms with Gasteiger partial charge in [-0.05, 0) is 41.5 Å². The number of amides is 1. The number of likely N-dealkylation sites (N-methyl/N-ethyl adjacent to an activating group) is 1. The maximum absolute atomic E-state index is 13.4. The number of nitrogens with one attached hydrogen (secondary N) is 1. The molecule has 1 amide bonds. The van der Waals surface area contributed by atoms with E-state index in [1.165, 1.54) is 12.1 Å². The van der Waals surface area contributed by atoms with E-state index in [0.717, 1.165) is 22.5 Å². The summed E-state index contributed by atoms with van der Waals surface area (Å²) in [6.07, 6.45) is 0. The van der Waals surface area contributed by atoms with Crippen LogP contribution in [0.1, 0.15) is 23.1 Å². The number of nitrogens with zero attached hydrogens (tertiary/aromatic N) is 1. The summed E-state index contributed by atoms with van der Waals surface area (Å²) in [5, 5.41) is 3.48. The lowest BCUT2D eigenvalue weighted by molar-refractivity contribution is -0.119. The van der Waals surface area contributed by atoms with E-state index < -0.39 is 0 Å². The number of benzene rings is 3. The van der Waals surface area contributed by atoms with Gasteiger partial charge < -0.3 is 10.2 Å². The number of anilines is 2. The number of fused-ring (bicyclic) bond motifs is 1. The third-order valence-corrected chi connectivity index (χ3v) is 4.89. The van der Waals surface area contributed by atoms with E-state index in [1.807, 2.05) is 54.6 Å². The van der Waals surface area contributed by atoms with Crippen molar-refractivity contribution >= 4 is 17.3 Å². The minimum Gasteiger partial charge on any atom is -0.377 e. The maximum atomic E-state index is 13.4. The van der Waals surface area contributed by atoms with Crippen molar-refractivity contribution in [2.75, 3.05) is 17.3 Å². The molecule has 0 saturated heterocycles. The van der Waals surface area contributed by atoms with Crippen LogP contribution in [0, 0.1) is 5.82 Å². The van der Waals surface area contributed by atoms with Crippen LogP contribution < -0.4 is 10.2 Å². The van der Waals surface area contributed by atoms with Gasteiger partial charge in [0.05, 0.1) is 12.0 Å². The van der Waals surface area contributed by atoms with E-state index in [1.54, 1.807) is 24.1 Å². The van der Waals surface area contributed by atoms with E-state index in [4.69, 9.17) is 0 Å². The van der Waals surface area contributed by atoms with Crippen molar-refractivity contribution in [3.8, 4) is 0 Å². The first-order valence-electron chi connectivity index (χ1n) is 8.58. The first-order chi connectivity index (χ1) is 12.6. The molecule has 0 saturated carbocycles. The molecule has 0 aliphatic carbocycles. The number of rotatable bonds is 4. The summed E-state index contributed by atoms with van der Waals surface area (Å²) in [4.78, 5) is 14.7. The summed E-state index contributed by atoms with van der Waals surface area (Å²) < 4.78 is 13.4. The van der Waals surface area contributed by atoms with Crippen LogP contribution in [0.3, 0.4) is 0 Å². The van der Waals surface area contributed by atoms with Crippen LogP contribution in [0.25, 0.3) is 0 Å². The summed E-state index contributed by atoms with van der Waals surface area (Å²) in [5.41, 5.74) is 3.70. The smallest absolute Gasteiger partial charge is 0.236 e. The first-order valence-corrected chi connectivity index (χ1v) is 8.58. The summed E-state index contributed by atoms with van der Waals surface area (Å²) in [6.45, 7) is 0. The molecule has 1 aliphatic rings. The van der Waals surface area contributed by atoms with Crippen LogP contribution in [-0.4, -0.2) is 13.0 Å². The molecule has 1 N–H and O–H groups in total. The Morgan fingerprint density at radius 2 is 1.58 bits per heavy atom. The van der Waals surface area contributed by atoms with Crippen molar-refractivity contribution < 1.29 is 9.18 Å². The SMILES string of the molecule is CN1C(=O)C(C(Nc2ccccc2)c2ccc(F)cc2)c2ccccc21. The Balaban J connectivity index is 1.80. The number of hydrogen-bond donors (Lipinski definition) is 1. The number of hydrogen-bond acceptors (Lipinski definition) is 2. The minimum atomic E-state index is -0.373. The fraction of sp³-hybridized carbons (Fsp3) is 0.136. The Bertz CT molecular complexity index is 924. The van der Waals surface area contributed by atoms with E-state index in [9.17, 15) is 9.18 Å². The van der Waals surface area contributed by atoms with Crippen molar-refractivity contribution in [2.24, 2.45) is 0 Å². The lowest BCUT2D eigenvalue weighted by atomic mass is 9.87. The third kappa shape index (κ3) is 2.84. The molecular formula is C22H19FN2O. The molecule has 1 heterocycles. The van der Waals surface area contributed by atoms with E-state index >= 15 is 0 Å². The number of para-hydroxylation sites is 2. The standard InChI is InChI=1S/C22H19FN2O/c1-25-19-10-6-5-9-18(19)20(22(25)26)21(15-11-13-16(23)14-12-15)24-17-7-3-2-4-8-17/h2-14,20-21,24H,1H3. The average molecular weight is 346 g/mol. The second-order valence-corrected chi connectivity index (χ2v) is 6.47. The molecule has 2 unspecified atom stereocenters. The third-order valence-electron chi connectivity index (χ3n) is 4.89. The van der Waals surface area contributed by atoms with Crippen molar-refractivity contribution in [2.45, 2.75) is 12.0 Å². The average Bonchev–Trinajstić information content (AvgIpc) is 2.93. The number of carbonyl (C=O) groups excluding carboxylic acids is 1. The highest BCUT2D eigenvalue weighted by Gasteiger charge is 2.40. The van der Waals surface area contributed by atoms with Gasteiger partial charge >= 0.3 is 0 Å². The number of halogens is 1. The molecule has 4 rings (SSSR count). The molecule has 3 aromatic rings. The quantitative estimate of drug-likeness (QED) is 0.740. The Labute approximate surface area is 152 Å². The zero-order valence-electron chi connectivity index (χ0n) is 14.4. The highest BCUT2D eigenvalue weighted by molar-refractivity contribution is 6.05. The zero-order chi connectivity index (χ0) is 18.1. The largest absolute Gasteiger partial charge is 0.377 e. The monoisotopic (exact) mass is 346 g/mol. The highest BCUT2D eigenvalue weighted by Crippen LogP contribution is 2.44. The molecule has 26 heavy (non-hydrogen) atoms. The van der Waals surface area contributed by atoms with Crippen molar-refractivity contribution in [1.29, 1.82) is 0 Å². The molecular weight excluding hydrogens is 327 g/mol. The van der Waals surface area contributed by atoms with Gasteiger partial charge in [0.1, 0.15) is 5.82 Å². The van der Waals surface area contributed by atoms with Crippen molar-refractivity contribution in [1.82, 2.24) is 0 Å². The van der Waals surface area contributed by atoms with Crippen LogP contribution in [-0.2, 0) is 4.79 Å². The molecule has 0 fully saturated rings. The molecule has 4 heteroatoms. The molecule has 3 aromatic carbocycles. The van der Waals surface area contributed by atoms with Gasteiger partial charge in [-0.3, -0.25) is 4.79 Å². The predicted molar refractivity (Wildman–Crippen MR) is 102 cm³/mol. The number of carbonyl (C=O) groups is 1. The molecule has 3 nitrogen and oxygen atoms in total. The molecule has 0 radical (unpaired) electrons. The Kier molecular flexibility index (Phi) is 4.17. The lowest BCUT2D eigenvalue weighted by Crippen LogP contribution is -2.30. The molecule has 1 aliphatic heterocycles. The maximum Gasteiger partial charge on any atom is 0.236 e. The molecule has 0 aromatic heterocycles. The van der Waals surface area contributed by atoms with Crippen LogP contribution in [0.2, 0.25) is 0 Å². The van der Waals surface area contributed by atoms with Crippen LogP contribution in [0.5, 0.6) is 0 Å². The second kappa shape index (κ2) is 6.64. The normalized spacial score (nSPS) is 17.1. The van der Waals surface area contributed by atoms with Gasteiger partial charge in [-0.15, -0.1) is 0 Å². The van der Waals surface area contributed by atoms with E-state index in [0.29, 0.717) is 0 Å². The zero-order valence-corrected chi connectivity index (χ0v) is 14.4. The fourth-order valence-electron chi connectivity index (χ4n) is 3.58. The van der Waals surface area contributed by atoms with Gasteiger partial charge in [-0.1, -0.05) is 48.5 Å².